The highest BCUT2D eigenvalue weighted by Crippen LogP contribution is 2.42. The molecule has 1 unspecified atom stereocenters. The molecule has 2 nitrogen and oxygen atoms in total. The van der Waals surface area contributed by atoms with Gasteiger partial charge >= 0.3 is 0 Å². The van der Waals surface area contributed by atoms with E-state index in [0.29, 0.717) is 11.6 Å². The van der Waals surface area contributed by atoms with Crippen molar-refractivity contribution in [3.8, 4) is 5.75 Å². The van der Waals surface area contributed by atoms with Crippen LogP contribution in [0.3, 0.4) is 0 Å². The highest BCUT2D eigenvalue weighted by molar-refractivity contribution is 6.32. The van der Waals surface area contributed by atoms with Crippen LogP contribution in [0.1, 0.15) is 30.9 Å². The lowest BCUT2D eigenvalue weighted by molar-refractivity contribution is 0.212. The van der Waals surface area contributed by atoms with Crippen molar-refractivity contribution in [3.63, 3.8) is 0 Å². The minimum absolute atomic E-state index is 0.275. The molecule has 2 N–H and O–H groups in total. The van der Waals surface area contributed by atoms with Gasteiger partial charge in [-0.3, -0.25) is 0 Å². The zero-order valence-corrected chi connectivity index (χ0v) is 9.90. The van der Waals surface area contributed by atoms with E-state index in [4.69, 9.17) is 22.1 Å². The number of benzene rings is 1. The molecule has 0 radical (unpaired) electrons. The van der Waals surface area contributed by atoms with Gasteiger partial charge in [0.1, 0.15) is 5.75 Å². The van der Waals surface area contributed by atoms with Gasteiger partial charge in [-0.2, -0.15) is 0 Å². The Morgan fingerprint density at radius 2 is 2.27 bits per heavy atom. The molecule has 1 aliphatic heterocycles. The van der Waals surface area contributed by atoms with Crippen LogP contribution in [0.15, 0.2) is 12.1 Å². The van der Waals surface area contributed by atoms with Gasteiger partial charge in [-0.25, -0.2) is 0 Å². The first-order valence-electron chi connectivity index (χ1n) is 5.29. The molecule has 1 atom stereocenters. The predicted octanol–water partition coefficient (Wildman–Crippen LogP) is 2.99. The molecule has 0 saturated carbocycles. The van der Waals surface area contributed by atoms with E-state index in [1.165, 1.54) is 0 Å². The van der Waals surface area contributed by atoms with E-state index in [0.717, 1.165) is 29.7 Å². The molecule has 1 aromatic carbocycles. The molecule has 0 bridgehead atoms. The van der Waals surface area contributed by atoms with E-state index in [1.54, 1.807) is 0 Å². The van der Waals surface area contributed by atoms with Crippen LogP contribution in [0.25, 0.3) is 0 Å². The maximum atomic E-state index is 6.37. The third kappa shape index (κ3) is 1.72. The van der Waals surface area contributed by atoms with Crippen LogP contribution in [-0.2, 0) is 5.54 Å². The fraction of sp³-hybridized carbons (Fsp3) is 0.500. The van der Waals surface area contributed by atoms with Crippen LogP contribution in [0, 0.1) is 6.92 Å². The Labute approximate surface area is 95.4 Å². The number of hydrogen-bond donors (Lipinski definition) is 1. The van der Waals surface area contributed by atoms with Crippen LogP contribution < -0.4 is 10.5 Å². The normalized spacial score (nSPS) is 24.5. The van der Waals surface area contributed by atoms with Crippen molar-refractivity contribution in [2.45, 2.75) is 32.2 Å². The van der Waals surface area contributed by atoms with Crippen molar-refractivity contribution in [2.75, 3.05) is 6.61 Å². The molecule has 1 heterocycles. The minimum atomic E-state index is -0.275. The number of hydrogen-bond acceptors (Lipinski definition) is 2. The summed E-state index contributed by atoms with van der Waals surface area (Å²) in [7, 11) is 0. The van der Waals surface area contributed by atoms with Gasteiger partial charge in [-0.05, 0) is 25.0 Å². The molecule has 82 valence electrons. The molecule has 0 aromatic heterocycles. The smallest absolute Gasteiger partial charge is 0.142 e. The highest BCUT2D eigenvalue weighted by atomic mass is 35.5. The second kappa shape index (κ2) is 3.69. The van der Waals surface area contributed by atoms with Crippen LogP contribution in [0.2, 0.25) is 5.02 Å². The van der Waals surface area contributed by atoms with E-state index in [9.17, 15) is 0 Å². The molecule has 0 aliphatic carbocycles. The zero-order chi connectivity index (χ0) is 11.1. The number of halogens is 1. The Hall–Kier alpha value is -0.730. The second-order valence-electron chi connectivity index (χ2n) is 4.23. The van der Waals surface area contributed by atoms with Gasteiger partial charge < -0.3 is 10.5 Å². The summed E-state index contributed by atoms with van der Waals surface area (Å²) < 4.78 is 5.59. The third-order valence-electron chi connectivity index (χ3n) is 3.15. The molecule has 1 aliphatic rings. The molecule has 1 aromatic rings. The van der Waals surface area contributed by atoms with Gasteiger partial charge in [0, 0.05) is 17.5 Å². The summed E-state index contributed by atoms with van der Waals surface area (Å²) in [6.07, 6.45) is 1.76. The van der Waals surface area contributed by atoms with E-state index in [1.807, 2.05) is 13.0 Å². The monoisotopic (exact) mass is 225 g/mol. The molecule has 0 saturated heterocycles. The third-order valence-corrected chi connectivity index (χ3v) is 3.43. The number of ether oxygens (including phenoxy) is 1. The average Bonchev–Trinajstić information content (AvgIpc) is 2.20. The predicted molar refractivity (Wildman–Crippen MR) is 62.5 cm³/mol. The van der Waals surface area contributed by atoms with E-state index < -0.39 is 0 Å². The molecule has 2 rings (SSSR count). The lowest BCUT2D eigenvalue weighted by atomic mass is 9.82. The second-order valence-corrected chi connectivity index (χ2v) is 4.64. The van der Waals surface area contributed by atoms with Crippen molar-refractivity contribution in [1.82, 2.24) is 0 Å². The number of rotatable bonds is 1. The number of nitrogens with two attached hydrogens (primary N) is 1. The summed E-state index contributed by atoms with van der Waals surface area (Å²) >= 11 is 6.15. The summed E-state index contributed by atoms with van der Waals surface area (Å²) in [5.74, 6) is 0.776. The summed E-state index contributed by atoms with van der Waals surface area (Å²) in [5.41, 5.74) is 8.28. The molecular formula is C12H16ClNO. The fourth-order valence-corrected chi connectivity index (χ4v) is 2.41. The van der Waals surface area contributed by atoms with Gasteiger partial charge in [0.2, 0.25) is 0 Å². The molecule has 0 amide bonds. The lowest BCUT2D eigenvalue weighted by Gasteiger charge is -2.35. The van der Waals surface area contributed by atoms with Gasteiger partial charge in [-0.1, -0.05) is 24.6 Å². The van der Waals surface area contributed by atoms with Crippen LogP contribution in [-0.4, -0.2) is 6.61 Å². The topological polar surface area (TPSA) is 35.2 Å². The molecule has 15 heavy (non-hydrogen) atoms. The Kier molecular flexibility index (Phi) is 2.65. The van der Waals surface area contributed by atoms with Crippen molar-refractivity contribution < 1.29 is 4.74 Å². The minimum Gasteiger partial charge on any atom is -0.492 e. The Morgan fingerprint density at radius 3 is 2.93 bits per heavy atom. The standard InChI is InChI=1S/C12H16ClNO/c1-3-12(14)4-5-15-11-9(12)6-8(2)7-10(11)13/h6-7H,3-5,14H2,1-2H3. The van der Waals surface area contributed by atoms with Crippen molar-refractivity contribution >= 4 is 11.6 Å². The van der Waals surface area contributed by atoms with Crippen LogP contribution >= 0.6 is 11.6 Å². The van der Waals surface area contributed by atoms with Crippen LogP contribution in [0.5, 0.6) is 5.75 Å². The quantitative estimate of drug-likeness (QED) is 0.798. The maximum absolute atomic E-state index is 6.37. The van der Waals surface area contributed by atoms with Crippen molar-refractivity contribution in [3.05, 3.63) is 28.3 Å². The molecule has 0 fully saturated rings. The van der Waals surface area contributed by atoms with Crippen molar-refractivity contribution in [1.29, 1.82) is 0 Å². The molecule has 0 spiro atoms. The van der Waals surface area contributed by atoms with Crippen LogP contribution in [0.4, 0.5) is 0 Å². The van der Waals surface area contributed by atoms with E-state index in [2.05, 4.69) is 13.0 Å². The molecule has 3 heteroatoms. The Balaban J connectivity index is 2.60. The molecular weight excluding hydrogens is 210 g/mol. The first kappa shape index (κ1) is 10.8. The summed E-state index contributed by atoms with van der Waals surface area (Å²) in [4.78, 5) is 0. The summed E-state index contributed by atoms with van der Waals surface area (Å²) in [5, 5.41) is 0.674. The van der Waals surface area contributed by atoms with Crippen molar-refractivity contribution in [2.24, 2.45) is 5.73 Å². The number of fused-ring (bicyclic) bond motifs is 1. The first-order chi connectivity index (χ1) is 7.07. The van der Waals surface area contributed by atoms with E-state index in [-0.39, 0.29) is 5.54 Å². The van der Waals surface area contributed by atoms with Gasteiger partial charge in [0.25, 0.3) is 0 Å². The maximum Gasteiger partial charge on any atom is 0.142 e. The number of aryl methyl sites for hydroxylation is 1. The van der Waals surface area contributed by atoms with Gasteiger partial charge in [-0.15, -0.1) is 0 Å². The van der Waals surface area contributed by atoms with Gasteiger partial charge in [0.15, 0.2) is 0 Å². The van der Waals surface area contributed by atoms with Gasteiger partial charge in [0.05, 0.1) is 11.6 Å². The highest BCUT2D eigenvalue weighted by Gasteiger charge is 2.33. The van der Waals surface area contributed by atoms with E-state index >= 15 is 0 Å². The Bertz CT molecular complexity index is 391. The zero-order valence-electron chi connectivity index (χ0n) is 9.14. The lowest BCUT2D eigenvalue weighted by Crippen LogP contribution is -2.40. The SMILES string of the molecule is CCC1(N)CCOc2c(Cl)cc(C)cc21. The fourth-order valence-electron chi connectivity index (χ4n) is 2.08. The average molecular weight is 226 g/mol. The summed E-state index contributed by atoms with van der Waals surface area (Å²) in [6.45, 7) is 4.78. The summed E-state index contributed by atoms with van der Waals surface area (Å²) in [6, 6.07) is 4.01. The first-order valence-corrected chi connectivity index (χ1v) is 5.67. The largest absolute Gasteiger partial charge is 0.492 e. The Morgan fingerprint density at radius 1 is 1.53 bits per heavy atom.